The van der Waals surface area contributed by atoms with Crippen molar-refractivity contribution >= 4 is 21.6 Å². The highest BCUT2D eigenvalue weighted by Crippen LogP contribution is 2.27. The molecule has 2 aromatic rings. The predicted molar refractivity (Wildman–Crippen MR) is 116 cm³/mol. The van der Waals surface area contributed by atoms with E-state index in [-0.39, 0.29) is 23.5 Å². The third-order valence-electron chi connectivity index (χ3n) is 4.35. The lowest BCUT2D eigenvalue weighted by Gasteiger charge is -2.26. The van der Waals surface area contributed by atoms with E-state index < -0.39 is 10.0 Å². The molecule has 0 saturated heterocycles. The molecule has 0 heterocycles. The third kappa shape index (κ3) is 6.58. The molecule has 0 aliphatic carbocycles. The van der Waals surface area contributed by atoms with Crippen LogP contribution in [-0.4, -0.2) is 40.1 Å². The Morgan fingerprint density at radius 1 is 1.07 bits per heavy atom. The second-order valence-electron chi connectivity index (χ2n) is 6.93. The Hall–Kier alpha value is -2.38. The Morgan fingerprint density at radius 3 is 2.38 bits per heavy atom. The van der Waals surface area contributed by atoms with Gasteiger partial charge in [-0.1, -0.05) is 43.3 Å². The topological polar surface area (TPSA) is 75.7 Å². The first-order valence-corrected chi connectivity index (χ1v) is 11.3. The van der Waals surface area contributed by atoms with Crippen molar-refractivity contribution in [1.29, 1.82) is 0 Å². The number of rotatable bonds is 11. The van der Waals surface area contributed by atoms with Crippen LogP contribution >= 0.6 is 0 Å². The minimum absolute atomic E-state index is 0.141. The van der Waals surface area contributed by atoms with Crippen LogP contribution in [0.2, 0.25) is 0 Å². The van der Waals surface area contributed by atoms with Gasteiger partial charge in [0, 0.05) is 13.2 Å². The number of sulfonamides is 1. The molecule has 29 heavy (non-hydrogen) atoms. The van der Waals surface area contributed by atoms with E-state index in [1.54, 1.807) is 30.3 Å². The number of amides is 1. The van der Waals surface area contributed by atoms with E-state index in [4.69, 9.17) is 4.74 Å². The highest BCUT2D eigenvalue weighted by molar-refractivity contribution is 7.92. The van der Waals surface area contributed by atoms with Crippen molar-refractivity contribution < 1.29 is 17.9 Å². The lowest BCUT2D eigenvalue weighted by molar-refractivity contribution is -0.119. The van der Waals surface area contributed by atoms with Crippen LogP contribution in [0.1, 0.15) is 32.8 Å². The van der Waals surface area contributed by atoms with Crippen LogP contribution in [0.25, 0.3) is 0 Å². The molecule has 0 saturated carbocycles. The van der Waals surface area contributed by atoms with E-state index in [1.165, 1.54) is 16.4 Å². The second kappa shape index (κ2) is 11.0. The number of ether oxygens (including phenoxy) is 1. The zero-order valence-electron chi connectivity index (χ0n) is 17.3. The Balaban J connectivity index is 2.21. The van der Waals surface area contributed by atoms with E-state index in [9.17, 15) is 13.2 Å². The smallest absolute Gasteiger partial charge is 0.264 e. The third-order valence-corrected chi connectivity index (χ3v) is 6.13. The summed E-state index contributed by atoms with van der Waals surface area (Å²) in [5, 5.41) is 2.79. The molecule has 0 unspecified atom stereocenters. The van der Waals surface area contributed by atoms with E-state index in [0.717, 1.165) is 5.56 Å². The SMILES string of the molecule is CCc1ccccc1N(CC(=O)NCCCOC(C)C)S(=O)(=O)c1ccccc1. The zero-order chi connectivity index (χ0) is 21.3. The highest BCUT2D eigenvalue weighted by atomic mass is 32.2. The average molecular weight is 419 g/mol. The van der Waals surface area contributed by atoms with Gasteiger partial charge in [-0.15, -0.1) is 0 Å². The van der Waals surface area contributed by atoms with Gasteiger partial charge in [0.25, 0.3) is 10.0 Å². The minimum Gasteiger partial charge on any atom is -0.379 e. The number of anilines is 1. The van der Waals surface area contributed by atoms with Crippen LogP contribution in [0.4, 0.5) is 5.69 Å². The maximum absolute atomic E-state index is 13.3. The van der Waals surface area contributed by atoms with Crippen LogP contribution in [0.5, 0.6) is 0 Å². The number of benzene rings is 2. The van der Waals surface area contributed by atoms with Gasteiger partial charge in [0.15, 0.2) is 0 Å². The van der Waals surface area contributed by atoms with Crippen LogP contribution in [0.15, 0.2) is 59.5 Å². The molecule has 0 radical (unpaired) electrons. The second-order valence-corrected chi connectivity index (χ2v) is 8.79. The maximum atomic E-state index is 13.3. The van der Waals surface area contributed by atoms with Crippen LogP contribution in [0.3, 0.4) is 0 Å². The largest absolute Gasteiger partial charge is 0.379 e. The molecule has 0 atom stereocenters. The molecule has 2 aromatic carbocycles. The molecule has 0 spiro atoms. The number of hydrogen-bond acceptors (Lipinski definition) is 4. The molecule has 0 aliphatic rings. The number of aryl methyl sites for hydroxylation is 1. The van der Waals surface area contributed by atoms with Crippen molar-refractivity contribution in [1.82, 2.24) is 5.32 Å². The molecule has 7 heteroatoms. The number of nitrogens with zero attached hydrogens (tertiary/aromatic N) is 1. The molecular weight excluding hydrogens is 388 g/mol. The fourth-order valence-electron chi connectivity index (χ4n) is 2.88. The molecule has 0 aliphatic heterocycles. The number of carbonyl (C=O) groups excluding carboxylic acids is 1. The summed E-state index contributed by atoms with van der Waals surface area (Å²) in [5.41, 5.74) is 1.39. The molecular formula is C22H30N2O4S. The molecule has 158 valence electrons. The summed E-state index contributed by atoms with van der Waals surface area (Å²) in [6, 6.07) is 15.4. The zero-order valence-corrected chi connectivity index (χ0v) is 18.1. The monoisotopic (exact) mass is 418 g/mol. The quantitative estimate of drug-likeness (QED) is 0.568. The van der Waals surface area contributed by atoms with Gasteiger partial charge in [-0.25, -0.2) is 8.42 Å². The van der Waals surface area contributed by atoms with Gasteiger partial charge in [0.05, 0.1) is 16.7 Å². The highest BCUT2D eigenvalue weighted by Gasteiger charge is 2.28. The molecule has 1 amide bonds. The van der Waals surface area contributed by atoms with Crippen molar-refractivity contribution in [3.63, 3.8) is 0 Å². The Bertz CT molecular complexity index is 883. The minimum atomic E-state index is -3.88. The summed E-state index contributed by atoms with van der Waals surface area (Å²) in [4.78, 5) is 12.7. The normalized spacial score (nSPS) is 11.4. The molecule has 0 bridgehead atoms. The van der Waals surface area contributed by atoms with Gasteiger partial charge < -0.3 is 10.1 Å². The average Bonchev–Trinajstić information content (AvgIpc) is 2.72. The van der Waals surface area contributed by atoms with Crippen molar-refractivity contribution in [3.8, 4) is 0 Å². The van der Waals surface area contributed by atoms with Gasteiger partial charge in [0.1, 0.15) is 6.54 Å². The van der Waals surface area contributed by atoms with Crippen molar-refractivity contribution in [2.24, 2.45) is 0 Å². The van der Waals surface area contributed by atoms with Gasteiger partial charge in [-0.3, -0.25) is 9.10 Å². The lowest BCUT2D eigenvalue weighted by Crippen LogP contribution is -2.41. The summed E-state index contributed by atoms with van der Waals surface area (Å²) in [5.74, 6) is -0.347. The maximum Gasteiger partial charge on any atom is 0.264 e. The Labute approximate surface area is 173 Å². The van der Waals surface area contributed by atoms with Crippen LogP contribution < -0.4 is 9.62 Å². The van der Waals surface area contributed by atoms with Crippen molar-refractivity contribution in [2.45, 2.75) is 44.6 Å². The summed E-state index contributed by atoms with van der Waals surface area (Å²) in [6.07, 6.45) is 1.47. The van der Waals surface area contributed by atoms with E-state index >= 15 is 0 Å². The molecule has 0 aromatic heterocycles. The molecule has 0 fully saturated rings. The summed E-state index contributed by atoms with van der Waals surface area (Å²) in [6.45, 7) is 6.56. The summed E-state index contributed by atoms with van der Waals surface area (Å²) < 4.78 is 33.3. The Morgan fingerprint density at radius 2 is 1.72 bits per heavy atom. The number of hydrogen-bond donors (Lipinski definition) is 1. The van der Waals surface area contributed by atoms with Gasteiger partial charge in [0.2, 0.25) is 5.91 Å². The fourth-order valence-corrected chi connectivity index (χ4v) is 4.36. The van der Waals surface area contributed by atoms with E-state index in [1.807, 2.05) is 32.9 Å². The van der Waals surface area contributed by atoms with Crippen LogP contribution in [-0.2, 0) is 26.0 Å². The van der Waals surface area contributed by atoms with Gasteiger partial charge in [-0.05, 0) is 50.5 Å². The standard InChI is InChI=1S/C22H30N2O4S/c1-4-19-11-8-9-14-21(19)24(29(26,27)20-12-6-5-7-13-20)17-22(25)23-15-10-16-28-18(2)3/h5-9,11-14,18H,4,10,15-17H2,1-3H3,(H,23,25). The molecule has 2 rings (SSSR count). The first-order chi connectivity index (χ1) is 13.9. The van der Waals surface area contributed by atoms with Crippen molar-refractivity contribution in [3.05, 3.63) is 60.2 Å². The van der Waals surface area contributed by atoms with Gasteiger partial charge >= 0.3 is 0 Å². The first-order valence-electron chi connectivity index (χ1n) is 9.90. The number of para-hydroxylation sites is 1. The van der Waals surface area contributed by atoms with Gasteiger partial charge in [-0.2, -0.15) is 0 Å². The van der Waals surface area contributed by atoms with E-state index in [2.05, 4.69) is 5.32 Å². The summed E-state index contributed by atoms with van der Waals surface area (Å²) >= 11 is 0. The molecule has 1 N–H and O–H groups in total. The first kappa shape index (κ1) is 22.9. The number of nitrogens with one attached hydrogen (secondary N) is 1. The van der Waals surface area contributed by atoms with Crippen LogP contribution in [0, 0.1) is 0 Å². The van der Waals surface area contributed by atoms with Crippen molar-refractivity contribution in [2.75, 3.05) is 24.0 Å². The summed E-state index contributed by atoms with van der Waals surface area (Å²) in [7, 11) is -3.88. The lowest BCUT2D eigenvalue weighted by atomic mass is 10.1. The molecule has 6 nitrogen and oxygen atoms in total. The van der Waals surface area contributed by atoms with E-state index in [0.29, 0.717) is 31.7 Å². The Kier molecular flexibility index (Phi) is 8.67. The predicted octanol–water partition coefficient (Wildman–Crippen LogP) is 3.38. The number of carbonyl (C=O) groups is 1. The fraction of sp³-hybridized carbons (Fsp3) is 0.409.